The van der Waals surface area contributed by atoms with Crippen LogP contribution in [0.4, 0.5) is 16.4 Å². The Hall–Kier alpha value is -2.69. The van der Waals surface area contributed by atoms with Crippen LogP contribution in [0.3, 0.4) is 0 Å². The Balaban J connectivity index is 1.47. The molecule has 0 aliphatic carbocycles. The molecule has 12 heteroatoms. The van der Waals surface area contributed by atoms with Gasteiger partial charge in [0.2, 0.25) is 5.91 Å². The van der Waals surface area contributed by atoms with E-state index >= 15 is 0 Å². The molecule has 2 fully saturated rings. The molecule has 2 aliphatic heterocycles. The Morgan fingerprint density at radius 2 is 1.97 bits per heavy atom. The number of carbonyl (C=O) groups excluding carboxylic acids is 2. The Labute approximate surface area is 213 Å². The van der Waals surface area contributed by atoms with Gasteiger partial charge < -0.3 is 25.0 Å². The Bertz CT molecular complexity index is 1070. The van der Waals surface area contributed by atoms with Crippen LogP contribution in [-0.4, -0.2) is 71.8 Å². The van der Waals surface area contributed by atoms with Crippen molar-refractivity contribution in [2.24, 2.45) is 11.8 Å². The molecule has 0 spiro atoms. The van der Waals surface area contributed by atoms with Crippen molar-refractivity contribution in [3.63, 3.8) is 0 Å². The summed E-state index contributed by atoms with van der Waals surface area (Å²) in [5.74, 6) is 0.793. The van der Waals surface area contributed by atoms with Crippen LogP contribution in [0.1, 0.15) is 25.7 Å². The summed E-state index contributed by atoms with van der Waals surface area (Å²) in [6, 6.07) is 1.62. The first-order valence-electron chi connectivity index (χ1n) is 11.6. The molecule has 1 unspecified atom stereocenters. The molecule has 2 N–H and O–H groups in total. The van der Waals surface area contributed by atoms with Crippen LogP contribution in [0.5, 0.6) is 0 Å². The van der Waals surface area contributed by atoms with Crippen LogP contribution in [0.15, 0.2) is 18.5 Å². The zero-order chi connectivity index (χ0) is 24.8. The van der Waals surface area contributed by atoms with E-state index in [9.17, 15) is 9.59 Å². The number of ether oxygens (including phenoxy) is 2. The SMILES string of the molecule is COC(=O)N1CCCC(C(=O)Nc2cc(-c3nc(NCC4CCOCC4)cnc3Cl)c(Cl)cn2)C1. The van der Waals surface area contributed by atoms with E-state index in [1.54, 1.807) is 12.3 Å². The largest absolute Gasteiger partial charge is 0.453 e. The number of hydrogen-bond donors (Lipinski definition) is 2. The first-order valence-corrected chi connectivity index (χ1v) is 12.3. The molecule has 2 aliphatic rings. The van der Waals surface area contributed by atoms with Gasteiger partial charge in [0.1, 0.15) is 17.3 Å². The molecule has 2 amide bonds. The van der Waals surface area contributed by atoms with Gasteiger partial charge in [-0.3, -0.25) is 4.79 Å². The van der Waals surface area contributed by atoms with Crippen molar-refractivity contribution < 1.29 is 19.1 Å². The first kappa shape index (κ1) is 25.4. The van der Waals surface area contributed by atoms with E-state index in [1.165, 1.54) is 18.2 Å². The number of likely N-dealkylation sites (tertiary alicyclic amines) is 1. The van der Waals surface area contributed by atoms with Crippen molar-refractivity contribution in [1.82, 2.24) is 19.9 Å². The molecule has 2 aromatic rings. The molecule has 0 aromatic carbocycles. The summed E-state index contributed by atoms with van der Waals surface area (Å²) < 4.78 is 10.2. The molecular weight excluding hydrogens is 495 g/mol. The number of piperidine rings is 1. The lowest BCUT2D eigenvalue weighted by molar-refractivity contribution is -0.121. The van der Waals surface area contributed by atoms with Gasteiger partial charge in [-0.05, 0) is 37.7 Å². The highest BCUT2D eigenvalue weighted by molar-refractivity contribution is 6.35. The van der Waals surface area contributed by atoms with Gasteiger partial charge in [0, 0.05) is 44.6 Å². The van der Waals surface area contributed by atoms with E-state index in [0.29, 0.717) is 53.2 Å². The number of pyridine rings is 1. The fourth-order valence-corrected chi connectivity index (χ4v) is 4.62. The maximum Gasteiger partial charge on any atom is 0.409 e. The predicted octanol–water partition coefficient (Wildman–Crippen LogP) is 4.10. The van der Waals surface area contributed by atoms with E-state index in [-0.39, 0.29) is 23.5 Å². The van der Waals surface area contributed by atoms with E-state index in [0.717, 1.165) is 32.6 Å². The maximum absolute atomic E-state index is 12.9. The van der Waals surface area contributed by atoms with Crippen LogP contribution in [0.25, 0.3) is 11.3 Å². The lowest BCUT2D eigenvalue weighted by Gasteiger charge is -2.30. The van der Waals surface area contributed by atoms with Crippen LogP contribution in [-0.2, 0) is 14.3 Å². The average Bonchev–Trinajstić information content (AvgIpc) is 2.89. The summed E-state index contributed by atoms with van der Waals surface area (Å²) in [7, 11) is 1.33. The quantitative estimate of drug-likeness (QED) is 0.581. The minimum absolute atomic E-state index is 0.188. The third kappa shape index (κ3) is 6.50. The minimum Gasteiger partial charge on any atom is -0.453 e. The standard InChI is InChI=1S/C23H28Cl2N6O4/c1-34-23(33)31-6-2-3-15(13-31)22(32)30-18-9-16(17(24)11-27-18)20-21(25)28-12-19(29-20)26-10-14-4-7-35-8-5-14/h9,11-12,14-15H,2-8,10,13H2,1H3,(H,26,29)(H,27,30,32). The second kappa shape index (κ2) is 11.8. The number of aromatic nitrogens is 3. The highest BCUT2D eigenvalue weighted by Crippen LogP contribution is 2.33. The molecule has 1 atom stereocenters. The predicted molar refractivity (Wildman–Crippen MR) is 133 cm³/mol. The lowest BCUT2D eigenvalue weighted by atomic mass is 9.97. The van der Waals surface area contributed by atoms with Crippen molar-refractivity contribution in [2.75, 3.05) is 50.6 Å². The monoisotopic (exact) mass is 522 g/mol. The number of hydrogen-bond acceptors (Lipinski definition) is 8. The molecule has 188 valence electrons. The van der Waals surface area contributed by atoms with E-state index in [2.05, 4.69) is 25.6 Å². The van der Waals surface area contributed by atoms with Gasteiger partial charge in [0.05, 0.1) is 24.2 Å². The molecular formula is C23H28Cl2N6O4. The fraction of sp³-hybridized carbons (Fsp3) is 0.522. The molecule has 0 saturated carbocycles. The summed E-state index contributed by atoms with van der Waals surface area (Å²) >= 11 is 12.8. The van der Waals surface area contributed by atoms with Crippen molar-refractivity contribution in [3.8, 4) is 11.3 Å². The first-order chi connectivity index (χ1) is 16.9. The number of amides is 2. The molecule has 2 saturated heterocycles. The highest BCUT2D eigenvalue weighted by atomic mass is 35.5. The number of nitrogens with one attached hydrogen (secondary N) is 2. The third-order valence-electron chi connectivity index (χ3n) is 6.23. The zero-order valence-corrected chi connectivity index (χ0v) is 20.9. The molecule has 0 radical (unpaired) electrons. The van der Waals surface area contributed by atoms with Gasteiger partial charge in [-0.25, -0.2) is 19.7 Å². The maximum atomic E-state index is 12.9. The summed E-state index contributed by atoms with van der Waals surface area (Å²) in [5.41, 5.74) is 0.894. The van der Waals surface area contributed by atoms with Crippen LogP contribution in [0, 0.1) is 11.8 Å². The summed E-state index contributed by atoms with van der Waals surface area (Å²) in [6.45, 7) is 3.15. The molecule has 4 heterocycles. The lowest BCUT2D eigenvalue weighted by Crippen LogP contribution is -2.43. The van der Waals surface area contributed by atoms with Crippen molar-refractivity contribution in [1.29, 1.82) is 0 Å². The number of halogens is 2. The number of nitrogens with zero attached hydrogens (tertiary/aromatic N) is 4. The van der Waals surface area contributed by atoms with Gasteiger partial charge >= 0.3 is 6.09 Å². The van der Waals surface area contributed by atoms with Gasteiger partial charge in [0.15, 0.2) is 5.15 Å². The molecule has 35 heavy (non-hydrogen) atoms. The second-order valence-electron chi connectivity index (χ2n) is 8.63. The number of carbonyl (C=O) groups is 2. The van der Waals surface area contributed by atoms with Crippen molar-refractivity contribution in [2.45, 2.75) is 25.7 Å². The van der Waals surface area contributed by atoms with E-state index < -0.39 is 6.09 Å². The molecule has 2 aromatic heterocycles. The van der Waals surface area contributed by atoms with Crippen molar-refractivity contribution >= 4 is 46.8 Å². The summed E-state index contributed by atoms with van der Waals surface area (Å²) in [4.78, 5) is 39.4. The molecule has 0 bridgehead atoms. The number of anilines is 2. The second-order valence-corrected chi connectivity index (χ2v) is 9.39. The van der Waals surface area contributed by atoms with Crippen LogP contribution >= 0.6 is 23.2 Å². The van der Waals surface area contributed by atoms with Crippen LogP contribution < -0.4 is 10.6 Å². The number of methoxy groups -OCH3 is 1. The smallest absolute Gasteiger partial charge is 0.409 e. The molecule has 4 rings (SSSR count). The Kier molecular flexibility index (Phi) is 8.59. The van der Waals surface area contributed by atoms with Gasteiger partial charge in [-0.2, -0.15) is 0 Å². The zero-order valence-electron chi connectivity index (χ0n) is 19.4. The summed E-state index contributed by atoms with van der Waals surface area (Å²) in [6.07, 6.45) is 5.96. The Morgan fingerprint density at radius 1 is 1.17 bits per heavy atom. The normalized spacial score (nSPS) is 18.7. The Morgan fingerprint density at radius 3 is 2.74 bits per heavy atom. The highest BCUT2D eigenvalue weighted by Gasteiger charge is 2.29. The van der Waals surface area contributed by atoms with Crippen LogP contribution in [0.2, 0.25) is 10.2 Å². The fourth-order valence-electron chi connectivity index (χ4n) is 4.23. The topological polar surface area (TPSA) is 119 Å². The van der Waals surface area contributed by atoms with Gasteiger partial charge in [0.25, 0.3) is 0 Å². The van der Waals surface area contributed by atoms with E-state index in [4.69, 9.17) is 32.7 Å². The van der Waals surface area contributed by atoms with E-state index in [1.807, 2.05) is 0 Å². The third-order valence-corrected chi connectivity index (χ3v) is 6.81. The number of rotatable bonds is 6. The van der Waals surface area contributed by atoms with Gasteiger partial charge in [-0.15, -0.1) is 0 Å². The minimum atomic E-state index is -0.437. The molecule has 10 nitrogen and oxygen atoms in total. The summed E-state index contributed by atoms with van der Waals surface area (Å²) in [5, 5.41) is 6.66. The average molecular weight is 523 g/mol. The van der Waals surface area contributed by atoms with Crippen molar-refractivity contribution in [3.05, 3.63) is 28.6 Å². The van der Waals surface area contributed by atoms with Gasteiger partial charge in [-0.1, -0.05) is 23.2 Å².